The fraction of sp³-hybridized carbons (Fsp3) is 0.212. The Morgan fingerprint density at radius 3 is 2.21 bits per heavy atom. The van der Waals surface area contributed by atoms with Gasteiger partial charge in [-0.3, -0.25) is 4.79 Å². The molecule has 198 valence electrons. The van der Waals surface area contributed by atoms with Crippen LogP contribution in [0.3, 0.4) is 0 Å². The number of hydrogen-bond donors (Lipinski definition) is 1. The Bertz CT molecular complexity index is 1530. The molecule has 4 aromatic carbocycles. The first-order valence-corrected chi connectivity index (χ1v) is 14.1. The molecular weight excluding hydrogens is 525 g/mol. The third-order valence-corrected chi connectivity index (χ3v) is 7.78. The van der Waals surface area contributed by atoms with Crippen molar-refractivity contribution in [3.8, 4) is 11.4 Å². The van der Waals surface area contributed by atoms with Crippen molar-refractivity contribution in [1.82, 2.24) is 14.9 Å². The second-order valence-corrected chi connectivity index (χ2v) is 10.5. The molecule has 0 radical (unpaired) electrons. The Hall–Kier alpha value is -3.60. The van der Waals surface area contributed by atoms with E-state index in [2.05, 4.69) is 65.3 Å². The maximum atomic E-state index is 13.2. The highest BCUT2D eigenvalue weighted by Gasteiger charge is 2.17. The second-order valence-electron chi connectivity index (χ2n) is 9.69. The quantitative estimate of drug-likeness (QED) is 0.187. The van der Waals surface area contributed by atoms with Crippen molar-refractivity contribution in [2.24, 2.45) is 0 Å². The van der Waals surface area contributed by atoms with Crippen LogP contribution in [0.5, 0.6) is 0 Å². The van der Waals surface area contributed by atoms with Crippen LogP contribution in [0.4, 0.5) is 0 Å². The Morgan fingerprint density at radius 2 is 1.56 bits per heavy atom. The van der Waals surface area contributed by atoms with E-state index in [1.54, 1.807) is 6.07 Å². The van der Waals surface area contributed by atoms with Gasteiger partial charge in [0, 0.05) is 30.1 Å². The Kier molecular flexibility index (Phi) is 8.65. The van der Waals surface area contributed by atoms with E-state index in [-0.39, 0.29) is 11.8 Å². The van der Waals surface area contributed by atoms with Crippen LogP contribution < -0.4 is 5.32 Å². The number of nitrogens with zero attached hydrogens (tertiary/aromatic N) is 2. The minimum atomic E-state index is -0.101. The van der Waals surface area contributed by atoms with Crippen LogP contribution in [0.2, 0.25) is 10.0 Å². The number of carbonyl (C=O) groups excluding carboxylic acids is 1. The van der Waals surface area contributed by atoms with Crippen molar-refractivity contribution in [3.05, 3.63) is 124 Å². The van der Waals surface area contributed by atoms with Crippen molar-refractivity contribution < 1.29 is 4.79 Å². The molecule has 0 bridgehead atoms. The van der Waals surface area contributed by atoms with Crippen LogP contribution in [0.15, 0.2) is 97.1 Å². The molecule has 1 N–H and O–H groups in total. The third kappa shape index (κ3) is 6.19. The van der Waals surface area contributed by atoms with Gasteiger partial charge in [-0.25, -0.2) is 4.98 Å². The summed E-state index contributed by atoms with van der Waals surface area (Å²) in [4.78, 5) is 18.1. The van der Waals surface area contributed by atoms with Gasteiger partial charge in [0.25, 0.3) is 5.91 Å². The lowest BCUT2D eigenvalue weighted by molar-refractivity contribution is 0.0953. The van der Waals surface area contributed by atoms with Crippen molar-refractivity contribution in [3.63, 3.8) is 0 Å². The van der Waals surface area contributed by atoms with Crippen LogP contribution >= 0.6 is 23.2 Å². The fourth-order valence-corrected chi connectivity index (χ4v) is 5.30. The molecule has 0 aliphatic carbocycles. The predicted molar refractivity (Wildman–Crippen MR) is 162 cm³/mol. The second kappa shape index (κ2) is 12.5. The summed E-state index contributed by atoms with van der Waals surface area (Å²) in [7, 11) is 0. The number of halogens is 2. The Labute approximate surface area is 239 Å². The van der Waals surface area contributed by atoms with E-state index in [1.165, 1.54) is 11.1 Å². The molecule has 0 saturated carbocycles. The predicted octanol–water partition coefficient (Wildman–Crippen LogP) is 8.76. The lowest BCUT2D eigenvalue weighted by atomic mass is 9.88. The molecule has 0 saturated heterocycles. The van der Waals surface area contributed by atoms with E-state index in [1.807, 2.05) is 42.5 Å². The summed E-state index contributed by atoms with van der Waals surface area (Å²) in [6.45, 7) is 3.56. The number of hydrogen-bond acceptors (Lipinski definition) is 2. The number of carbonyl (C=O) groups is 1. The average molecular weight is 557 g/mol. The number of rotatable bonds is 10. The summed E-state index contributed by atoms with van der Waals surface area (Å²) in [5, 5.41) is 4.13. The zero-order valence-corrected chi connectivity index (χ0v) is 23.4. The average Bonchev–Trinajstić information content (AvgIpc) is 3.34. The molecular formula is C33H31Cl2N3O. The van der Waals surface area contributed by atoms with Gasteiger partial charge in [0.2, 0.25) is 0 Å². The van der Waals surface area contributed by atoms with Crippen LogP contribution in [-0.2, 0) is 6.54 Å². The first-order valence-electron chi connectivity index (χ1n) is 13.4. The Morgan fingerprint density at radius 1 is 0.872 bits per heavy atom. The van der Waals surface area contributed by atoms with E-state index >= 15 is 0 Å². The molecule has 4 nitrogen and oxygen atoms in total. The van der Waals surface area contributed by atoms with E-state index in [0.29, 0.717) is 22.2 Å². The number of amides is 1. The molecule has 0 fully saturated rings. The molecule has 5 aromatic rings. The maximum Gasteiger partial charge on any atom is 0.251 e. The largest absolute Gasteiger partial charge is 0.352 e. The molecule has 5 rings (SSSR count). The van der Waals surface area contributed by atoms with Gasteiger partial charge < -0.3 is 9.88 Å². The highest BCUT2D eigenvalue weighted by atomic mass is 35.5. The topological polar surface area (TPSA) is 46.9 Å². The number of aryl methyl sites for hydroxylation is 1. The number of imidazole rings is 1. The smallest absolute Gasteiger partial charge is 0.251 e. The minimum absolute atomic E-state index is 0.101. The zero-order valence-electron chi connectivity index (χ0n) is 21.9. The van der Waals surface area contributed by atoms with Gasteiger partial charge in [-0.1, -0.05) is 97.2 Å². The zero-order chi connectivity index (χ0) is 27.2. The van der Waals surface area contributed by atoms with Crippen LogP contribution in [0, 0.1) is 0 Å². The molecule has 0 atom stereocenters. The van der Waals surface area contributed by atoms with Gasteiger partial charge in [-0.2, -0.15) is 0 Å². The van der Waals surface area contributed by atoms with Gasteiger partial charge in [0.1, 0.15) is 5.82 Å². The van der Waals surface area contributed by atoms with Crippen LogP contribution in [-0.4, -0.2) is 22.0 Å². The van der Waals surface area contributed by atoms with Crippen LogP contribution in [0.25, 0.3) is 22.4 Å². The molecule has 0 aliphatic rings. The normalized spacial score (nSPS) is 11.3. The van der Waals surface area contributed by atoms with Crippen molar-refractivity contribution >= 4 is 40.1 Å². The summed E-state index contributed by atoms with van der Waals surface area (Å²) in [6.07, 6.45) is 2.88. The van der Waals surface area contributed by atoms with Gasteiger partial charge >= 0.3 is 0 Å². The van der Waals surface area contributed by atoms with Gasteiger partial charge in [0.05, 0.1) is 21.1 Å². The summed E-state index contributed by atoms with van der Waals surface area (Å²) in [5.74, 6) is 0.928. The summed E-state index contributed by atoms with van der Waals surface area (Å²) in [6, 6.07) is 32.2. The minimum Gasteiger partial charge on any atom is -0.352 e. The fourth-order valence-electron chi connectivity index (χ4n) is 5.00. The number of aromatic nitrogens is 2. The lowest BCUT2D eigenvalue weighted by Crippen LogP contribution is -2.25. The molecule has 1 aromatic heterocycles. The van der Waals surface area contributed by atoms with E-state index in [0.717, 1.165) is 48.2 Å². The highest BCUT2D eigenvalue weighted by molar-refractivity contribution is 6.42. The van der Waals surface area contributed by atoms with Gasteiger partial charge in [-0.05, 0) is 60.4 Å². The molecule has 0 aliphatic heterocycles. The standard InChI is InChI=1S/C33H31Cl2N3O/c1-2-3-20-38-31-17-15-26(22-30(31)37-32(38)25-14-16-28(34)29(35)21-25)33(39)36-19-18-27(23-10-6-4-7-11-23)24-12-8-5-9-13-24/h4-17,21-22,27H,2-3,18-20H2,1H3,(H,36,39). The first-order chi connectivity index (χ1) is 19.0. The molecule has 0 unspecified atom stereocenters. The summed E-state index contributed by atoms with van der Waals surface area (Å²) >= 11 is 12.5. The van der Waals surface area contributed by atoms with Gasteiger partial charge in [0.15, 0.2) is 0 Å². The van der Waals surface area contributed by atoms with Crippen LogP contribution in [0.1, 0.15) is 53.6 Å². The molecule has 0 spiro atoms. The maximum absolute atomic E-state index is 13.2. The van der Waals surface area contributed by atoms with Crippen molar-refractivity contribution in [2.45, 2.75) is 38.6 Å². The molecule has 39 heavy (non-hydrogen) atoms. The number of benzene rings is 4. The SMILES string of the molecule is CCCCn1c(-c2ccc(Cl)c(Cl)c2)nc2cc(C(=O)NCCC(c3ccccc3)c3ccccc3)ccc21. The number of nitrogens with one attached hydrogen (secondary N) is 1. The number of unbranched alkanes of at least 4 members (excludes halogenated alkanes) is 1. The van der Waals surface area contributed by atoms with Crippen molar-refractivity contribution in [1.29, 1.82) is 0 Å². The van der Waals surface area contributed by atoms with Crippen molar-refractivity contribution in [2.75, 3.05) is 6.54 Å². The molecule has 6 heteroatoms. The monoisotopic (exact) mass is 555 g/mol. The van der Waals surface area contributed by atoms with Gasteiger partial charge in [-0.15, -0.1) is 0 Å². The lowest BCUT2D eigenvalue weighted by Gasteiger charge is -2.18. The number of fused-ring (bicyclic) bond motifs is 1. The van der Waals surface area contributed by atoms with E-state index in [9.17, 15) is 4.79 Å². The third-order valence-electron chi connectivity index (χ3n) is 7.05. The van der Waals surface area contributed by atoms with E-state index < -0.39 is 0 Å². The molecule has 1 heterocycles. The first kappa shape index (κ1) is 27.0. The highest BCUT2D eigenvalue weighted by Crippen LogP contribution is 2.31. The molecule has 1 amide bonds. The Balaban J connectivity index is 1.36. The summed E-state index contributed by atoms with van der Waals surface area (Å²) < 4.78 is 2.20. The summed E-state index contributed by atoms with van der Waals surface area (Å²) in [5.41, 5.74) is 5.76. The van der Waals surface area contributed by atoms with E-state index in [4.69, 9.17) is 28.2 Å².